The molecule has 108 valence electrons. The van der Waals surface area contributed by atoms with Gasteiger partial charge in [-0.3, -0.25) is 14.9 Å². The third-order valence-corrected chi connectivity index (χ3v) is 3.39. The summed E-state index contributed by atoms with van der Waals surface area (Å²) in [6.45, 7) is 4.09. The lowest BCUT2D eigenvalue weighted by Crippen LogP contribution is -2.50. The molecule has 1 aromatic rings. The Bertz CT molecular complexity index is 498. The molecule has 20 heavy (non-hydrogen) atoms. The second-order valence-electron chi connectivity index (χ2n) is 4.56. The minimum absolute atomic E-state index is 0.0291. The molecule has 0 aliphatic carbocycles. The average Bonchev–Trinajstić information content (AvgIpc) is 2.46. The SMILES string of the molecule is CC(Cl)C(=O)N1CCN(c2ccc([N+](=O)[O-])cn2)CC1. The fourth-order valence-corrected chi connectivity index (χ4v) is 2.22. The molecule has 7 nitrogen and oxygen atoms in total. The highest BCUT2D eigenvalue weighted by Gasteiger charge is 2.24. The third-order valence-electron chi connectivity index (χ3n) is 3.20. The molecule has 8 heteroatoms. The molecular formula is C12H15ClN4O3. The predicted molar refractivity (Wildman–Crippen MR) is 75.0 cm³/mol. The van der Waals surface area contributed by atoms with Crippen LogP contribution >= 0.6 is 11.6 Å². The Balaban J connectivity index is 1.97. The van der Waals surface area contributed by atoms with Crippen LogP contribution in [0.1, 0.15) is 6.92 Å². The number of carbonyl (C=O) groups is 1. The number of halogens is 1. The molecule has 0 saturated carbocycles. The normalized spacial score (nSPS) is 16.9. The summed E-state index contributed by atoms with van der Waals surface area (Å²) in [5, 5.41) is 10.1. The molecule has 1 amide bonds. The minimum atomic E-state index is -0.515. The number of piperazine rings is 1. The number of nitro groups is 1. The second kappa shape index (κ2) is 6.04. The first-order valence-corrected chi connectivity index (χ1v) is 6.71. The van der Waals surface area contributed by atoms with Gasteiger partial charge in [0.25, 0.3) is 5.69 Å². The van der Waals surface area contributed by atoms with E-state index in [0.29, 0.717) is 32.0 Å². The number of amides is 1. The summed E-state index contributed by atoms with van der Waals surface area (Å²) in [4.78, 5) is 29.6. The number of carbonyl (C=O) groups excluding carboxylic acids is 1. The average molecular weight is 299 g/mol. The van der Waals surface area contributed by atoms with E-state index in [1.54, 1.807) is 17.9 Å². The molecule has 1 aliphatic rings. The Labute approximate surface area is 121 Å². The largest absolute Gasteiger partial charge is 0.353 e. The summed E-state index contributed by atoms with van der Waals surface area (Å²) in [6, 6.07) is 3.06. The van der Waals surface area contributed by atoms with Crippen LogP contribution < -0.4 is 4.90 Å². The van der Waals surface area contributed by atoms with Gasteiger partial charge in [-0.1, -0.05) is 0 Å². The van der Waals surface area contributed by atoms with Crippen LogP contribution in [-0.4, -0.2) is 52.3 Å². The number of nitrogens with zero attached hydrogens (tertiary/aromatic N) is 4. The van der Waals surface area contributed by atoms with Crippen molar-refractivity contribution in [1.82, 2.24) is 9.88 Å². The van der Waals surface area contributed by atoms with Gasteiger partial charge in [0.15, 0.2) is 0 Å². The monoisotopic (exact) mass is 298 g/mol. The maximum atomic E-state index is 11.7. The standard InChI is InChI=1S/C12H15ClN4O3/c1-9(13)12(18)16-6-4-15(5-7-16)11-3-2-10(8-14-11)17(19)20/h2-3,8-9H,4-7H2,1H3. The van der Waals surface area contributed by atoms with E-state index in [1.807, 2.05) is 4.90 Å². The molecule has 0 N–H and O–H groups in total. The Morgan fingerprint density at radius 1 is 1.40 bits per heavy atom. The van der Waals surface area contributed by atoms with Crippen LogP contribution in [0.4, 0.5) is 11.5 Å². The molecule has 0 radical (unpaired) electrons. The summed E-state index contributed by atoms with van der Waals surface area (Å²) in [5.74, 6) is 0.615. The van der Waals surface area contributed by atoms with Gasteiger partial charge < -0.3 is 9.80 Å². The van der Waals surface area contributed by atoms with E-state index in [1.165, 1.54) is 12.3 Å². The van der Waals surface area contributed by atoms with Gasteiger partial charge in [0, 0.05) is 32.2 Å². The molecule has 1 fully saturated rings. The van der Waals surface area contributed by atoms with Crippen molar-refractivity contribution < 1.29 is 9.72 Å². The minimum Gasteiger partial charge on any atom is -0.353 e. The lowest BCUT2D eigenvalue weighted by Gasteiger charge is -2.35. The molecule has 2 heterocycles. The highest BCUT2D eigenvalue weighted by Crippen LogP contribution is 2.17. The van der Waals surface area contributed by atoms with Crippen molar-refractivity contribution in [2.45, 2.75) is 12.3 Å². The topological polar surface area (TPSA) is 79.6 Å². The van der Waals surface area contributed by atoms with Gasteiger partial charge in [0.1, 0.15) is 17.4 Å². The summed E-state index contributed by atoms with van der Waals surface area (Å²) >= 11 is 5.78. The Kier molecular flexibility index (Phi) is 4.39. The maximum absolute atomic E-state index is 11.7. The lowest BCUT2D eigenvalue weighted by atomic mass is 10.2. The zero-order valence-electron chi connectivity index (χ0n) is 11.0. The first kappa shape index (κ1) is 14.5. The smallest absolute Gasteiger partial charge is 0.287 e. The van der Waals surface area contributed by atoms with Crippen molar-refractivity contribution in [1.29, 1.82) is 0 Å². The number of hydrogen-bond donors (Lipinski definition) is 0. The van der Waals surface area contributed by atoms with Gasteiger partial charge in [0.05, 0.1) is 4.92 Å². The highest BCUT2D eigenvalue weighted by atomic mass is 35.5. The lowest BCUT2D eigenvalue weighted by molar-refractivity contribution is -0.385. The summed E-state index contributed by atoms with van der Waals surface area (Å²) < 4.78 is 0. The number of hydrogen-bond acceptors (Lipinski definition) is 5. The number of aromatic nitrogens is 1. The Morgan fingerprint density at radius 3 is 2.50 bits per heavy atom. The van der Waals surface area contributed by atoms with Gasteiger partial charge in [0.2, 0.25) is 5.91 Å². The molecule has 0 bridgehead atoms. The zero-order chi connectivity index (χ0) is 14.7. The van der Waals surface area contributed by atoms with Crippen LogP contribution in [0.25, 0.3) is 0 Å². The van der Waals surface area contributed by atoms with E-state index in [9.17, 15) is 14.9 Å². The van der Waals surface area contributed by atoms with Crippen molar-refractivity contribution in [2.75, 3.05) is 31.1 Å². The van der Waals surface area contributed by atoms with Gasteiger partial charge in [-0.25, -0.2) is 4.98 Å². The van der Waals surface area contributed by atoms with Crippen LogP contribution in [-0.2, 0) is 4.79 Å². The number of rotatable bonds is 3. The molecule has 0 spiro atoms. The van der Waals surface area contributed by atoms with E-state index < -0.39 is 10.3 Å². The predicted octanol–water partition coefficient (Wildman–Crippen LogP) is 1.27. The van der Waals surface area contributed by atoms with Gasteiger partial charge >= 0.3 is 0 Å². The third kappa shape index (κ3) is 3.16. The maximum Gasteiger partial charge on any atom is 0.287 e. The first-order chi connectivity index (χ1) is 9.49. The fourth-order valence-electron chi connectivity index (χ4n) is 2.08. The molecule has 1 unspecified atom stereocenters. The fraction of sp³-hybridized carbons (Fsp3) is 0.500. The van der Waals surface area contributed by atoms with E-state index in [-0.39, 0.29) is 11.6 Å². The van der Waals surface area contributed by atoms with Crippen molar-refractivity contribution in [3.05, 3.63) is 28.4 Å². The summed E-state index contributed by atoms with van der Waals surface area (Å²) in [7, 11) is 0. The summed E-state index contributed by atoms with van der Waals surface area (Å²) in [5.41, 5.74) is -0.0291. The first-order valence-electron chi connectivity index (χ1n) is 6.27. The van der Waals surface area contributed by atoms with Crippen molar-refractivity contribution >= 4 is 29.0 Å². The molecule has 1 aliphatic heterocycles. The van der Waals surface area contributed by atoms with Crippen LogP contribution in [0.5, 0.6) is 0 Å². The van der Waals surface area contributed by atoms with Crippen molar-refractivity contribution in [2.24, 2.45) is 0 Å². The van der Waals surface area contributed by atoms with Crippen LogP contribution in [0.3, 0.4) is 0 Å². The Hall–Kier alpha value is -1.89. The molecule has 1 saturated heterocycles. The van der Waals surface area contributed by atoms with Crippen molar-refractivity contribution in [3.63, 3.8) is 0 Å². The molecular weight excluding hydrogens is 284 g/mol. The van der Waals surface area contributed by atoms with E-state index in [0.717, 1.165) is 0 Å². The highest BCUT2D eigenvalue weighted by molar-refractivity contribution is 6.30. The van der Waals surface area contributed by atoms with E-state index >= 15 is 0 Å². The molecule has 1 aromatic heterocycles. The van der Waals surface area contributed by atoms with Gasteiger partial charge in [-0.2, -0.15) is 0 Å². The Morgan fingerprint density at radius 2 is 2.05 bits per heavy atom. The molecule has 2 rings (SSSR count). The second-order valence-corrected chi connectivity index (χ2v) is 5.21. The van der Waals surface area contributed by atoms with E-state index in [4.69, 9.17) is 11.6 Å². The zero-order valence-corrected chi connectivity index (χ0v) is 11.8. The van der Waals surface area contributed by atoms with Crippen LogP contribution in [0.15, 0.2) is 18.3 Å². The quantitative estimate of drug-likeness (QED) is 0.477. The van der Waals surface area contributed by atoms with Gasteiger partial charge in [-0.05, 0) is 13.0 Å². The van der Waals surface area contributed by atoms with Crippen LogP contribution in [0, 0.1) is 10.1 Å². The number of anilines is 1. The summed E-state index contributed by atoms with van der Waals surface area (Å²) in [6.07, 6.45) is 1.24. The molecule has 0 aromatic carbocycles. The number of alkyl halides is 1. The van der Waals surface area contributed by atoms with Crippen molar-refractivity contribution in [3.8, 4) is 0 Å². The van der Waals surface area contributed by atoms with Crippen LogP contribution in [0.2, 0.25) is 0 Å². The molecule has 1 atom stereocenters. The van der Waals surface area contributed by atoms with Gasteiger partial charge in [-0.15, -0.1) is 11.6 Å². The van der Waals surface area contributed by atoms with E-state index in [2.05, 4.69) is 4.98 Å². The number of pyridine rings is 1.